The van der Waals surface area contributed by atoms with Gasteiger partial charge in [-0.1, -0.05) is 25.4 Å². The molecule has 2 aromatic carbocycles. The van der Waals surface area contributed by atoms with Crippen LogP contribution >= 0.6 is 11.6 Å². The van der Waals surface area contributed by atoms with Crippen LogP contribution in [-0.2, 0) is 11.2 Å². The highest BCUT2D eigenvalue weighted by molar-refractivity contribution is 6.30. The summed E-state index contributed by atoms with van der Waals surface area (Å²) >= 11 is 6.02. The summed E-state index contributed by atoms with van der Waals surface area (Å²) in [6.07, 6.45) is 1.68. The first-order valence-electron chi connectivity index (χ1n) is 9.51. The zero-order valence-electron chi connectivity index (χ0n) is 16.2. The number of carbonyl (C=O) groups is 1. The minimum Gasteiger partial charge on any atom is -0.312 e. The van der Waals surface area contributed by atoms with Crippen molar-refractivity contribution in [3.8, 4) is 5.69 Å². The van der Waals surface area contributed by atoms with Crippen molar-refractivity contribution in [2.75, 3.05) is 11.4 Å². The molecule has 6 heteroatoms. The largest absolute Gasteiger partial charge is 0.312 e. The molecule has 0 spiro atoms. The van der Waals surface area contributed by atoms with Gasteiger partial charge in [0.05, 0.1) is 16.6 Å². The van der Waals surface area contributed by atoms with Gasteiger partial charge in [0.15, 0.2) is 0 Å². The Morgan fingerprint density at radius 3 is 2.50 bits per heavy atom. The minimum atomic E-state index is -0.0984. The molecule has 0 saturated carbocycles. The molecule has 0 unspecified atom stereocenters. The number of aromatic nitrogens is 2. The molecule has 4 rings (SSSR count). The Labute approximate surface area is 168 Å². The topological polar surface area (TPSA) is 55.2 Å². The standard InChI is InChI=1S/C22H22ClN3O2/c1-13(2)21-24-20-17-5-4-12-25(14(3)27)19(17)11-10-18(20)22(28)26(21)16-8-6-15(23)7-9-16/h6-11,13H,4-5,12H2,1-3H3. The van der Waals surface area contributed by atoms with Crippen molar-refractivity contribution in [1.82, 2.24) is 9.55 Å². The Bertz CT molecular complexity index is 1130. The minimum absolute atomic E-state index is 0.0129. The number of nitrogens with zero attached hydrogens (tertiary/aromatic N) is 3. The number of fused-ring (bicyclic) bond motifs is 3. The molecule has 0 atom stereocenters. The zero-order valence-corrected chi connectivity index (χ0v) is 17.0. The Morgan fingerprint density at radius 1 is 1.14 bits per heavy atom. The predicted molar refractivity (Wildman–Crippen MR) is 113 cm³/mol. The SMILES string of the molecule is CC(=O)N1CCCc2c1ccc1c(=O)n(-c3ccc(Cl)cc3)c(C(C)C)nc21. The van der Waals surface area contributed by atoms with E-state index in [2.05, 4.69) is 0 Å². The first-order chi connectivity index (χ1) is 13.4. The molecule has 0 bridgehead atoms. The zero-order chi connectivity index (χ0) is 20.0. The van der Waals surface area contributed by atoms with E-state index in [0.29, 0.717) is 28.3 Å². The molecule has 0 aliphatic carbocycles. The monoisotopic (exact) mass is 395 g/mol. The van der Waals surface area contributed by atoms with Crippen LogP contribution in [-0.4, -0.2) is 22.0 Å². The van der Waals surface area contributed by atoms with Crippen molar-refractivity contribution in [3.05, 3.63) is 63.2 Å². The van der Waals surface area contributed by atoms with Crippen molar-refractivity contribution in [3.63, 3.8) is 0 Å². The third kappa shape index (κ3) is 3.00. The number of halogens is 1. The van der Waals surface area contributed by atoms with Crippen molar-refractivity contribution in [1.29, 1.82) is 0 Å². The molecule has 1 aromatic heterocycles. The Balaban J connectivity index is 2.04. The van der Waals surface area contributed by atoms with Gasteiger partial charge in [-0.05, 0) is 49.2 Å². The number of rotatable bonds is 2. The maximum absolute atomic E-state index is 13.4. The van der Waals surface area contributed by atoms with Gasteiger partial charge in [0.1, 0.15) is 5.82 Å². The number of anilines is 1. The van der Waals surface area contributed by atoms with Gasteiger partial charge in [-0.15, -0.1) is 0 Å². The highest BCUT2D eigenvalue weighted by Crippen LogP contribution is 2.33. The molecule has 1 aliphatic heterocycles. The number of hydrogen-bond donors (Lipinski definition) is 0. The molecule has 28 heavy (non-hydrogen) atoms. The molecular weight excluding hydrogens is 374 g/mol. The first kappa shape index (κ1) is 18.7. The van der Waals surface area contributed by atoms with Crippen LogP contribution < -0.4 is 10.5 Å². The second-order valence-corrected chi connectivity index (χ2v) is 7.91. The van der Waals surface area contributed by atoms with Crippen LogP contribution in [0.3, 0.4) is 0 Å². The highest BCUT2D eigenvalue weighted by Gasteiger charge is 2.25. The van der Waals surface area contributed by atoms with Crippen molar-refractivity contribution < 1.29 is 4.79 Å². The van der Waals surface area contributed by atoms with Crippen LogP contribution in [0.15, 0.2) is 41.2 Å². The van der Waals surface area contributed by atoms with E-state index in [9.17, 15) is 9.59 Å². The van der Waals surface area contributed by atoms with Gasteiger partial charge in [-0.25, -0.2) is 4.98 Å². The van der Waals surface area contributed by atoms with Crippen molar-refractivity contribution in [2.45, 2.75) is 39.5 Å². The summed E-state index contributed by atoms with van der Waals surface area (Å²) in [6.45, 7) is 6.33. The number of benzene rings is 2. The molecule has 0 N–H and O–H groups in total. The fourth-order valence-electron chi connectivity index (χ4n) is 3.90. The second-order valence-electron chi connectivity index (χ2n) is 7.48. The van der Waals surface area contributed by atoms with Crippen LogP contribution in [0.2, 0.25) is 5.02 Å². The van der Waals surface area contributed by atoms with Gasteiger partial charge in [0, 0.05) is 35.7 Å². The van der Waals surface area contributed by atoms with Crippen molar-refractivity contribution in [2.24, 2.45) is 0 Å². The van der Waals surface area contributed by atoms with Gasteiger partial charge < -0.3 is 4.90 Å². The van der Waals surface area contributed by atoms with E-state index in [1.54, 1.807) is 34.6 Å². The van der Waals surface area contributed by atoms with E-state index in [-0.39, 0.29) is 17.4 Å². The molecule has 0 saturated heterocycles. The lowest BCUT2D eigenvalue weighted by Crippen LogP contribution is -2.34. The summed E-state index contributed by atoms with van der Waals surface area (Å²) in [6, 6.07) is 10.9. The van der Waals surface area contributed by atoms with E-state index < -0.39 is 0 Å². The summed E-state index contributed by atoms with van der Waals surface area (Å²) < 4.78 is 1.67. The fourth-order valence-corrected chi connectivity index (χ4v) is 4.03. The molecule has 1 amide bonds. The molecule has 3 aromatic rings. The van der Waals surface area contributed by atoms with Gasteiger partial charge >= 0.3 is 0 Å². The maximum atomic E-state index is 13.4. The van der Waals surface area contributed by atoms with E-state index >= 15 is 0 Å². The van der Waals surface area contributed by atoms with Gasteiger partial charge in [-0.2, -0.15) is 0 Å². The summed E-state index contributed by atoms with van der Waals surface area (Å²) in [4.78, 5) is 32.2. The quantitative estimate of drug-likeness (QED) is 0.643. The van der Waals surface area contributed by atoms with E-state index in [4.69, 9.17) is 16.6 Å². The lowest BCUT2D eigenvalue weighted by atomic mass is 9.98. The molecule has 2 heterocycles. The van der Waals surface area contributed by atoms with Crippen LogP contribution in [0.1, 0.15) is 44.5 Å². The van der Waals surface area contributed by atoms with E-state index in [1.807, 2.05) is 32.0 Å². The van der Waals surface area contributed by atoms with Crippen LogP contribution in [0, 0.1) is 0 Å². The lowest BCUT2D eigenvalue weighted by molar-refractivity contribution is -0.116. The van der Waals surface area contributed by atoms with Gasteiger partial charge in [0.2, 0.25) is 5.91 Å². The first-order valence-corrected chi connectivity index (χ1v) is 9.89. The Hall–Kier alpha value is -2.66. The third-order valence-electron chi connectivity index (χ3n) is 5.23. The molecule has 0 fully saturated rings. The van der Waals surface area contributed by atoms with Crippen LogP contribution in [0.4, 0.5) is 5.69 Å². The second kappa shape index (κ2) is 7.06. The van der Waals surface area contributed by atoms with Crippen molar-refractivity contribution >= 4 is 34.1 Å². The molecule has 144 valence electrons. The number of amides is 1. The molecular formula is C22H22ClN3O2. The van der Waals surface area contributed by atoms with Crippen LogP contribution in [0.25, 0.3) is 16.6 Å². The number of carbonyl (C=O) groups excluding carboxylic acids is 1. The summed E-state index contributed by atoms with van der Waals surface area (Å²) in [5, 5.41) is 1.19. The highest BCUT2D eigenvalue weighted by atomic mass is 35.5. The Kier molecular flexibility index (Phi) is 4.71. The van der Waals surface area contributed by atoms with E-state index in [1.165, 1.54) is 0 Å². The summed E-state index contributed by atoms with van der Waals surface area (Å²) in [5.74, 6) is 0.767. The number of aryl methyl sites for hydroxylation is 1. The average Bonchev–Trinajstić information content (AvgIpc) is 2.67. The van der Waals surface area contributed by atoms with Gasteiger partial charge in [0.25, 0.3) is 5.56 Å². The molecule has 1 aliphatic rings. The summed E-state index contributed by atoms with van der Waals surface area (Å²) in [7, 11) is 0. The molecule has 5 nitrogen and oxygen atoms in total. The third-order valence-corrected chi connectivity index (χ3v) is 5.48. The molecule has 0 radical (unpaired) electrons. The normalized spacial score (nSPS) is 13.8. The van der Waals surface area contributed by atoms with Crippen LogP contribution in [0.5, 0.6) is 0 Å². The van der Waals surface area contributed by atoms with Gasteiger partial charge in [-0.3, -0.25) is 14.2 Å². The maximum Gasteiger partial charge on any atom is 0.265 e. The van der Waals surface area contributed by atoms with E-state index in [0.717, 1.165) is 29.8 Å². The lowest BCUT2D eigenvalue weighted by Gasteiger charge is -2.29. The smallest absolute Gasteiger partial charge is 0.265 e. The predicted octanol–water partition coefficient (Wildman–Crippen LogP) is 4.46. The average molecular weight is 396 g/mol. The fraction of sp³-hybridized carbons (Fsp3) is 0.318. The summed E-state index contributed by atoms with van der Waals surface area (Å²) in [5.41, 5.74) is 3.22. The Morgan fingerprint density at radius 2 is 1.86 bits per heavy atom. The number of hydrogen-bond acceptors (Lipinski definition) is 3.